The van der Waals surface area contributed by atoms with Gasteiger partial charge >= 0.3 is 0 Å². The molecule has 0 unspecified atom stereocenters. The van der Waals surface area contributed by atoms with Gasteiger partial charge < -0.3 is 15.4 Å². The molecule has 1 aromatic rings. The Labute approximate surface area is 195 Å². The van der Waals surface area contributed by atoms with E-state index >= 15 is 0 Å². The summed E-state index contributed by atoms with van der Waals surface area (Å²) in [5.74, 6) is -0.416. The molecule has 2 N–H and O–H groups in total. The Balaban J connectivity index is 0.00000176. The van der Waals surface area contributed by atoms with Gasteiger partial charge in [-0.3, -0.25) is 9.59 Å². The van der Waals surface area contributed by atoms with Gasteiger partial charge in [-0.05, 0) is 45.7 Å². The molecule has 7 nitrogen and oxygen atoms in total. The number of Topliss-reactive ketones (excluding diaryl/α,β-unsaturated/α-hetero) is 2. The first kappa shape index (κ1) is 25.8. The van der Waals surface area contributed by atoms with Crippen LogP contribution in [-0.4, -0.2) is 52.7 Å². The number of likely N-dealkylation sites (tertiary alicyclic amines) is 1. The minimum atomic E-state index is -0.392. The number of rotatable bonds is 8. The average Bonchev–Trinajstić information content (AvgIpc) is 3.21. The van der Waals surface area contributed by atoms with Gasteiger partial charge in [-0.15, -0.1) is 12.8 Å². The fourth-order valence-corrected chi connectivity index (χ4v) is 4.41. The van der Waals surface area contributed by atoms with E-state index in [0.29, 0.717) is 43.2 Å². The molecule has 0 bridgehead atoms. The maximum Gasteiger partial charge on any atom is 0.228 e. The SMILES string of the molecule is C#C.CCC/C(C(=O)c1nc(Cl)cc(OC[C@@H]2CCCN2C)n1)=C(/N)[C@H]1CCCCC1=O. The van der Waals surface area contributed by atoms with Crippen LogP contribution in [0.2, 0.25) is 5.15 Å². The maximum absolute atomic E-state index is 13.2. The number of carbonyl (C=O) groups is 2. The molecular formula is C24H33ClN4O3. The monoisotopic (exact) mass is 460 g/mol. The van der Waals surface area contributed by atoms with E-state index in [1.807, 2.05) is 6.92 Å². The van der Waals surface area contributed by atoms with Gasteiger partial charge in [-0.25, -0.2) is 4.98 Å². The van der Waals surface area contributed by atoms with Gasteiger partial charge in [0.2, 0.25) is 17.5 Å². The highest BCUT2D eigenvalue weighted by atomic mass is 35.5. The van der Waals surface area contributed by atoms with Gasteiger partial charge in [-0.1, -0.05) is 31.4 Å². The predicted molar refractivity (Wildman–Crippen MR) is 125 cm³/mol. The van der Waals surface area contributed by atoms with Gasteiger partial charge in [0.25, 0.3) is 0 Å². The molecule has 1 saturated carbocycles. The molecule has 1 aromatic heterocycles. The van der Waals surface area contributed by atoms with Gasteiger partial charge in [-0.2, -0.15) is 4.98 Å². The van der Waals surface area contributed by atoms with Crippen molar-refractivity contribution in [1.82, 2.24) is 14.9 Å². The van der Waals surface area contributed by atoms with Crippen LogP contribution in [0, 0.1) is 18.8 Å². The third kappa shape index (κ3) is 6.54. The van der Waals surface area contributed by atoms with Crippen molar-refractivity contribution in [2.75, 3.05) is 20.2 Å². The number of hydrogen-bond donors (Lipinski definition) is 1. The molecule has 2 fully saturated rings. The fourth-order valence-electron chi connectivity index (χ4n) is 4.24. The lowest BCUT2D eigenvalue weighted by Crippen LogP contribution is -2.31. The molecule has 3 rings (SSSR count). The highest BCUT2D eigenvalue weighted by molar-refractivity contribution is 6.29. The molecule has 1 aliphatic heterocycles. The number of carbonyl (C=O) groups excluding carboxylic acids is 2. The van der Waals surface area contributed by atoms with E-state index in [0.717, 1.165) is 38.6 Å². The molecule has 2 heterocycles. The first-order valence-electron chi connectivity index (χ1n) is 11.2. The Morgan fingerprint density at radius 1 is 1.28 bits per heavy atom. The summed E-state index contributed by atoms with van der Waals surface area (Å²) in [6.07, 6.45) is 14.4. The fraction of sp³-hybridized carbons (Fsp3) is 0.583. The van der Waals surface area contributed by atoms with Gasteiger partial charge in [0, 0.05) is 29.8 Å². The van der Waals surface area contributed by atoms with Crippen molar-refractivity contribution in [3.8, 4) is 18.7 Å². The minimum absolute atomic E-state index is 0.0352. The number of nitrogens with two attached hydrogens (primary N) is 1. The molecule has 1 aliphatic carbocycles. The lowest BCUT2D eigenvalue weighted by Gasteiger charge is -2.23. The van der Waals surface area contributed by atoms with Crippen LogP contribution in [0.3, 0.4) is 0 Å². The number of terminal acetylenes is 1. The number of hydrogen-bond acceptors (Lipinski definition) is 7. The van der Waals surface area contributed by atoms with E-state index in [1.165, 1.54) is 6.07 Å². The zero-order valence-corrected chi connectivity index (χ0v) is 19.7. The van der Waals surface area contributed by atoms with Gasteiger partial charge in [0.05, 0.1) is 5.92 Å². The van der Waals surface area contributed by atoms with E-state index in [-0.39, 0.29) is 28.4 Å². The third-order valence-corrected chi connectivity index (χ3v) is 6.22. The number of nitrogens with zero attached hydrogens (tertiary/aromatic N) is 3. The van der Waals surface area contributed by atoms with Crippen molar-refractivity contribution in [2.45, 2.75) is 64.3 Å². The first-order chi connectivity index (χ1) is 15.4. The second-order valence-electron chi connectivity index (χ2n) is 8.22. The van der Waals surface area contributed by atoms with Crippen molar-refractivity contribution in [3.05, 3.63) is 28.3 Å². The summed E-state index contributed by atoms with van der Waals surface area (Å²) in [5, 5.41) is 0.145. The van der Waals surface area contributed by atoms with Crippen molar-refractivity contribution in [2.24, 2.45) is 11.7 Å². The molecule has 0 radical (unpaired) electrons. The zero-order valence-electron chi connectivity index (χ0n) is 19.0. The first-order valence-corrected chi connectivity index (χ1v) is 11.5. The lowest BCUT2D eigenvalue weighted by atomic mass is 9.83. The van der Waals surface area contributed by atoms with E-state index in [1.54, 1.807) is 0 Å². The van der Waals surface area contributed by atoms with E-state index in [4.69, 9.17) is 22.1 Å². The average molecular weight is 461 g/mol. The Morgan fingerprint density at radius 3 is 2.66 bits per heavy atom. The van der Waals surface area contributed by atoms with Crippen molar-refractivity contribution in [3.63, 3.8) is 0 Å². The summed E-state index contributed by atoms with van der Waals surface area (Å²) in [4.78, 5) is 36.3. The molecule has 0 aromatic carbocycles. The summed E-state index contributed by atoms with van der Waals surface area (Å²) in [5.41, 5.74) is 7.14. The summed E-state index contributed by atoms with van der Waals surface area (Å²) in [6.45, 7) is 3.50. The van der Waals surface area contributed by atoms with E-state index in [2.05, 4.69) is 34.8 Å². The quantitative estimate of drug-likeness (QED) is 0.272. The highest BCUT2D eigenvalue weighted by Gasteiger charge is 2.29. The van der Waals surface area contributed by atoms with Crippen LogP contribution < -0.4 is 10.5 Å². The lowest BCUT2D eigenvalue weighted by molar-refractivity contribution is -0.123. The normalized spacial score (nSPS) is 22.0. The van der Waals surface area contributed by atoms with E-state index in [9.17, 15) is 9.59 Å². The van der Waals surface area contributed by atoms with Crippen LogP contribution in [0.4, 0.5) is 0 Å². The minimum Gasteiger partial charge on any atom is -0.476 e. The Kier molecular flexibility index (Phi) is 10.1. The standard InChI is InChI=1S/C22H31ClN4O3.C2H2/c1-3-7-16(20(24)15-9-4-5-10-17(15)28)21(29)22-25-18(23)12-19(26-22)30-13-14-8-6-11-27(14)2;1-2/h12,14-15H,3-11,13,24H2,1-2H3;1-2H/b20-16-;/t14-,15-;/m0./s1. The summed E-state index contributed by atoms with van der Waals surface area (Å²) >= 11 is 6.16. The number of ketones is 2. The van der Waals surface area contributed by atoms with E-state index < -0.39 is 5.92 Å². The van der Waals surface area contributed by atoms with Gasteiger partial charge in [0.15, 0.2) is 0 Å². The molecular weight excluding hydrogens is 428 g/mol. The van der Waals surface area contributed by atoms with Crippen LogP contribution >= 0.6 is 11.6 Å². The molecule has 8 heteroatoms. The maximum atomic E-state index is 13.2. The number of ether oxygens (including phenoxy) is 1. The predicted octanol–water partition coefficient (Wildman–Crippen LogP) is 3.81. The number of aromatic nitrogens is 2. The molecule has 174 valence electrons. The van der Waals surface area contributed by atoms with Crippen molar-refractivity contribution < 1.29 is 14.3 Å². The summed E-state index contributed by atoms with van der Waals surface area (Å²) in [7, 11) is 2.07. The second kappa shape index (κ2) is 12.6. The molecule has 2 aliphatic rings. The number of likely N-dealkylation sites (N-methyl/N-ethyl adjacent to an activating group) is 1. The van der Waals surface area contributed by atoms with Crippen LogP contribution in [0.25, 0.3) is 0 Å². The summed E-state index contributed by atoms with van der Waals surface area (Å²) < 4.78 is 5.83. The molecule has 32 heavy (non-hydrogen) atoms. The van der Waals surface area contributed by atoms with Crippen LogP contribution in [0.15, 0.2) is 17.3 Å². The smallest absolute Gasteiger partial charge is 0.228 e. The van der Waals surface area contributed by atoms with Crippen LogP contribution in [0.5, 0.6) is 5.88 Å². The topological polar surface area (TPSA) is 98.4 Å². The zero-order chi connectivity index (χ0) is 23.7. The Morgan fingerprint density at radius 2 is 2.03 bits per heavy atom. The second-order valence-corrected chi connectivity index (χ2v) is 8.61. The Hall–Kier alpha value is -2.43. The van der Waals surface area contributed by atoms with Crippen molar-refractivity contribution in [1.29, 1.82) is 0 Å². The molecule has 2 atom stereocenters. The third-order valence-electron chi connectivity index (χ3n) is 6.02. The molecule has 1 saturated heterocycles. The largest absolute Gasteiger partial charge is 0.476 e. The van der Waals surface area contributed by atoms with Gasteiger partial charge in [0.1, 0.15) is 17.5 Å². The summed E-state index contributed by atoms with van der Waals surface area (Å²) in [6, 6.07) is 1.84. The highest BCUT2D eigenvalue weighted by Crippen LogP contribution is 2.29. The Bertz CT molecular complexity index is 868. The molecule has 0 spiro atoms. The number of halogens is 1. The molecule has 0 amide bonds. The number of allylic oxidation sites excluding steroid dienone is 2. The van der Waals surface area contributed by atoms with Crippen molar-refractivity contribution >= 4 is 23.2 Å². The van der Waals surface area contributed by atoms with Crippen LogP contribution in [-0.2, 0) is 4.79 Å². The van der Waals surface area contributed by atoms with Crippen LogP contribution in [0.1, 0.15) is 68.9 Å².